The standard InChI is InChI=1S/C15H28N4OS.HI/c1-5-16-15(17-9-10-20-6-2)18-12-13(19(3)4)14-8-7-11-21-14;/h7-8,11,13H,5-6,9-10,12H2,1-4H3,(H2,16,17,18);1H. The van der Waals surface area contributed by atoms with Crippen LogP contribution >= 0.6 is 35.3 Å². The molecule has 0 aliphatic carbocycles. The molecule has 0 radical (unpaired) electrons. The second-order valence-electron chi connectivity index (χ2n) is 4.84. The Hall–Kier alpha value is -0.380. The van der Waals surface area contributed by atoms with Crippen molar-refractivity contribution in [2.24, 2.45) is 4.99 Å². The first kappa shape index (κ1) is 21.6. The molecular weight excluding hydrogens is 411 g/mol. The number of nitrogens with one attached hydrogen (secondary N) is 2. The van der Waals surface area contributed by atoms with Gasteiger partial charge in [0.2, 0.25) is 0 Å². The molecule has 1 aromatic rings. The monoisotopic (exact) mass is 440 g/mol. The summed E-state index contributed by atoms with van der Waals surface area (Å²) < 4.78 is 5.33. The van der Waals surface area contributed by atoms with E-state index in [4.69, 9.17) is 9.73 Å². The summed E-state index contributed by atoms with van der Waals surface area (Å²) in [6.07, 6.45) is 0. The van der Waals surface area contributed by atoms with E-state index in [1.807, 2.05) is 6.92 Å². The largest absolute Gasteiger partial charge is 0.380 e. The molecule has 0 fully saturated rings. The number of ether oxygens (including phenoxy) is 1. The summed E-state index contributed by atoms with van der Waals surface area (Å²) in [7, 11) is 4.19. The number of nitrogens with zero attached hydrogens (tertiary/aromatic N) is 2. The second-order valence-corrected chi connectivity index (χ2v) is 5.82. The molecule has 1 unspecified atom stereocenters. The number of guanidine groups is 1. The van der Waals surface area contributed by atoms with Gasteiger partial charge in [0.05, 0.1) is 19.2 Å². The Morgan fingerprint density at radius 1 is 1.36 bits per heavy atom. The maximum Gasteiger partial charge on any atom is 0.191 e. The highest BCUT2D eigenvalue weighted by molar-refractivity contribution is 14.0. The van der Waals surface area contributed by atoms with Gasteiger partial charge in [-0.25, -0.2) is 0 Å². The summed E-state index contributed by atoms with van der Waals surface area (Å²) in [5.41, 5.74) is 0. The minimum atomic E-state index is 0. The Balaban J connectivity index is 0.00000441. The lowest BCUT2D eigenvalue weighted by atomic mass is 10.2. The number of likely N-dealkylation sites (N-methyl/N-ethyl adjacent to an activating group) is 1. The van der Waals surface area contributed by atoms with E-state index in [0.717, 1.165) is 32.2 Å². The van der Waals surface area contributed by atoms with Crippen LogP contribution in [-0.2, 0) is 4.74 Å². The molecule has 2 N–H and O–H groups in total. The molecular formula is C15H29IN4OS. The van der Waals surface area contributed by atoms with E-state index in [2.05, 4.69) is 54.1 Å². The molecule has 0 bridgehead atoms. The summed E-state index contributed by atoms with van der Waals surface area (Å²) in [6, 6.07) is 4.57. The predicted octanol–water partition coefficient (Wildman–Crippen LogP) is 2.56. The van der Waals surface area contributed by atoms with Crippen LogP contribution in [0.4, 0.5) is 0 Å². The first-order valence-corrected chi connectivity index (χ1v) is 8.36. The third-order valence-corrected chi connectivity index (χ3v) is 3.98. The average Bonchev–Trinajstić information content (AvgIpc) is 2.97. The molecule has 128 valence electrons. The van der Waals surface area contributed by atoms with Gasteiger partial charge in [-0.3, -0.25) is 4.99 Å². The van der Waals surface area contributed by atoms with Gasteiger partial charge in [0, 0.05) is 24.6 Å². The van der Waals surface area contributed by atoms with Gasteiger partial charge in [-0.1, -0.05) is 6.07 Å². The van der Waals surface area contributed by atoms with E-state index in [-0.39, 0.29) is 24.0 Å². The Morgan fingerprint density at radius 2 is 2.14 bits per heavy atom. The van der Waals surface area contributed by atoms with E-state index in [9.17, 15) is 0 Å². The van der Waals surface area contributed by atoms with Crippen molar-refractivity contribution in [3.05, 3.63) is 22.4 Å². The zero-order chi connectivity index (χ0) is 15.5. The molecule has 5 nitrogen and oxygen atoms in total. The van der Waals surface area contributed by atoms with E-state index in [1.165, 1.54) is 4.88 Å². The number of hydrogen-bond donors (Lipinski definition) is 2. The Morgan fingerprint density at radius 3 is 2.68 bits per heavy atom. The number of thiophene rings is 1. The lowest BCUT2D eigenvalue weighted by Crippen LogP contribution is -2.39. The van der Waals surface area contributed by atoms with Gasteiger partial charge in [0.1, 0.15) is 0 Å². The van der Waals surface area contributed by atoms with Gasteiger partial charge < -0.3 is 20.3 Å². The van der Waals surface area contributed by atoms with Crippen LogP contribution in [0.3, 0.4) is 0 Å². The van der Waals surface area contributed by atoms with Crippen molar-refractivity contribution < 1.29 is 4.74 Å². The van der Waals surface area contributed by atoms with Crippen LogP contribution in [0.15, 0.2) is 22.5 Å². The highest BCUT2D eigenvalue weighted by Crippen LogP contribution is 2.23. The fraction of sp³-hybridized carbons (Fsp3) is 0.667. The van der Waals surface area contributed by atoms with Crippen LogP contribution in [0.1, 0.15) is 24.8 Å². The number of aliphatic imine (C=N–C) groups is 1. The van der Waals surface area contributed by atoms with Crippen molar-refractivity contribution >= 4 is 41.3 Å². The zero-order valence-corrected chi connectivity index (χ0v) is 17.1. The van der Waals surface area contributed by atoms with Crippen LogP contribution in [0, 0.1) is 0 Å². The van der Waals surface area contributed by atoms with Crippen molar-refractivity contribution in [1.82, 2.24) is 15.5 Å². The third kappa shape index (κ3) is 8.30. The summed E-state index contributed by atoms with van der Waals surface area (Å²) in [4.78, 5) is 8.24. The second kappa shape index (κ2) is 13.1. The lowest BCUT2D eigenvalue weighted by molar-refractivity contribution is 0.152. The van der Waals surface area contributed by atoms with Crippen molar-refractivity contribution in [1.29, 1.82) is 0 Å². The fourth-order valence-corrected chi connectivity index (χ4v) is 2.81. The Bertz CT molecular complexity index is 398. The molecule has 0 spiro atoms. The van der Waals surface area contributed by atoms with Gasteiger partial charge in [0.15, 0.2) is 5.96 Å². The lowest BCUT2D eigenvalue weighted by Gasteiger charge is -2.22. The molecule has 1 heterocycles. The minimum absolute atomic E-state index is 0. The summed E-state index contributed by atoms with van der Waals surface area (Å²) in [5, 5.41) is 8.67. The number of hydrogen-bond acceptors (Lipinski definition) is 4. The van der Waals surface area contributed by atoms with Gasteiger partial charge in [0.25, 0.3) is 0 Å². The topological polar surface area (TPSA) is 48.9 Å². The van der Waals surface area contributed by atoms with E-state index < -0.39 is 0 Å². The van der Waals surface area contributed by atoms with E-state index >= 15 is 0 Å². The van der Waals surface area contributed by atoms with Crippen LogP contribution < -0.4 is 10.6 Å². The van der Waals surface area contributed by atoms with Crippen molar-refractivity contribution in [3.8, 4) is 0 Å². The Labute approximate surface area is 155 Å². The molecule has 7 heteroatoms. The highest BCUT2D eigenvalue weighted by atomic mass is 127. The number of halogens is 1. The SMILES string of the molecule is CCNC(=NCC(c1cccs1)N(C)C)NCCOCC.I. The highest BCUT2D eigenvalue weighted by Gasteiger charge is 2.14. The van der Waals surface area contributed by atoms with E-state index in [0.29, 0.717) is 12.6 Å². The van der Waals surface area contributed by atoms with Gasteiger partial charge >= 0.3 is 0 Å². The fourth-order valence-electron chi connectivity index (χ4n) is 1.89. The van der Waals surface area contributed by atoms with Crippen molar-refractivity contribution in [2.75, 3.05) is 46.9 Å². The maximum absolute atomic E-state index is 5.33. The average molecular weight is 440 g/mol. The van der Waals surface area contributed by atoms with Crippen LogP contribution in [0.25, 0.3) is 0 Å². The van der Waals surface area contributed by atoms with Crippen LogP contribution in [0.5, 0.6) is 0 Å². The van der Waals surface area contributed by atoms with Gasteiger partial charge in [-0.15, -0.1) is 35.3 Å². The molecule has 0 aliphatic heterocycles. The molecule has 0 saturated carbocycles. The molecule has 22 heavy (non-hydrogen) atoms. The third-order valence-electron chi connectivity index (χ3n) is 3.00. The van der Waals surface area contributed by atoms with E-state index in [1.54, 1.807) is 11.3 Å². The summed E-state index contributed by atoms with van der Waals surface area (Å²) in [6.45, 7) is 7.87. The maximum atomic E-state index is 5.33. The van der Waals surface area contributed by atoms with Gasteiger partial charge in [-0.2, -0.15) is 0 Å². The zero-order valence-electron chi connectivity index (χ0n) is 14.0. The molecule has 0 amide bonds. The molecule has 1 rings (SSSR count). The molecule has 0 aromatic carbocycles. The Kier molecular flexibility index (Phi) is 12.9. The number of rotatable bonds is 9. The summed E-state index contributed by atoms with van der Waals surface area (Å²) >= 11 is 1.78. The van der Waals surface area contributed by atoms with Gasteiger partial charge in [-0.05, 0) is 39.4 Å². The molecule has 0 saturated heterocycles. The molecule has 1 aromatic heterocycles. The smallest absolute Gasteiger partial charge is 0.191 e. The normalized spacial score (nSPS) is 12.9. The van der Waals surface area contributed by atoms with Crippen LogP contribution in [-0.4, -0.2) is 57.8 Å². The first-order chi connectivity index (χ1) is 10.2. The quantitative estimate of drug-likeness (QED) is 0.268. The van der Waals surface area contributed by atoms with Crippen molar-refractivity contribution in [2.45, 2.75) is 19.9 Å². The summed E-state index contributed by atoms with van der Waals surface area (Å²) in [5.74, 6) is 0.848. The van der Waals surface area contributed by atoms with Crippen molar-refractivity contribution in [3.63, 3.8) is 0 Å². The molecule has 1 atom stereocenters. The predicted molar refractivity (Wildman–Crippen MR) is 107 cm³/mol. The first-order valence-electron chi connectivity index (χ1n) is 7.48. The van der Waals surface area contributed by atoms with Crippen LogP contribution in [0.2, 0.25) is 0 Å². The molecule has 0 aliphatic rings. The minimum Gasteiger partial charge on any atom is -0.380 e.